The van der Waals surface area contributed by atoms with Gasteiger partial charge in [-0.3, -0.25) is 9.69 Å². The van der Waals surface area contributed by atoms with Gasteiger partial charge in [-0.25, -0.2) is 0 Å². The molecule has 0 saturated carbocycles. The van der Waals surface area contributed by atoms with E-state index in [1.165, 1.54) is 0 Å². The number of hydrogen-bond acceptors (Lipinski definition) is 4. The molecule has 3 rings (SSSR count). The standard InChI is InChI=1S/C20H26N2O3/c1-4-9-22-10-6-5-7-17(22)20(23)21-16-8-11-25-19-15(16)12-14(2)13-18(19)24-3/h1,12-13,16-17H,5-11H2,2-3H3,(H,21,23)/t16-,17-/m0/s1. The number of carbonyl (C=O) groups excluding carboxylic acids is 1. The number of benzene rings is 1. The van der Waals surface area contributed by atoms with E-state index in [2.05, 4.69) is 22.2 Å². The third-order valence-electron chi connectivity index (χ3n) is 5.00. The van der Waals surface area contributed by atoms with Crippen LogP contribution in [0.1, 0.15) is 42.9 Å². The summed E-state index contributed by atoms with van der Waals surface area (Å²) >= 11 is 0. The lowest BCUT2D eigenvalue weighted by atomic mass is 9.96. The summed E-state index contributed by atoms with van der Waals surface area (Å²) in [5.74, 6) is 4.20. The number of likely N-dealkylation sites (tertiary alicyclic amines) is 1. The van der Waals surface area contributed by atoms with Crippen LogP contribution < -0.4 is 14.8 Å². The normalized spacial score (nSPS) is 23.1. The summed E-state index contributed by atoms with van der Waals surface area (Å²) in [5, 5.41) is 3.23. The van der Waals surface area contributed by atoms with E-state index in [9.17, 15) is 4.79 Å². The quantitative estimate of drug-likeness (QED) is 0.854. The molecule has 0 unspecified atom stereocenters. The summed E-state index contributed by atoms with van der Waals surface area (Å²) in [4.78, 5) is 15.0. The average molecular weight is 342 g/mol. The second kappa shape index (κ2) is 7.79. The van der Waals surface area contributed by atoms with Crippen molar-refractivity contribution in [3.05, 3.63) is 23.3 Å². The lowest BCUT2D eigenvalue weighted by Gasteiger charge is -2.35. The molecule has 25 heavy (non-hydrogen) atoms. The van der Waals surface area contributed by atoms with Crippen LogP contribution in [-0.4, -0.2) is 43.7 Å². The van der Waals surface area contributed by atoms with Crippen LogP contribution in [0.25, 0.3) is 0 Å². The van der Waals surface area contributed by atoms with E-state index in [1.807, 2.05) is 13.0 Å². The van der Waals surface area contributed by atoms with Gasteiger partial charge in [0.1, 0.15) is 0 Å². The van der Waals surface area contributed by atoms with Gasteiger partial charge in [0.25, 0.3) is 0 Å². The van der Waals surface area contributed by atoms with E-state index in [-0.39, 0.29) is 18.0 Å². The van der Waals surface area contributed by atoms with Gasteiger partial charge in [0.05, 0.1) is 32.3 Å². The third-order valence-corrected chi connectivity index (χ3v) is 5.00. The summed E-state index contributed by atoms with van der Waals surface area (Å²) < 4.78 is 11.2. The first-order valence-corrected chi connectivity index (χ1v) is 8.93. The van der Waals surface area contributed by atoms with Gasteiger partial charge in [-0.2, -0.15) is 0 Å². The minimum Gasteiger partial charge on any atom is -0.493 e. The van der Waals surface area contributed by atoms with Crippen molar-refractivity contribution in [3.63, 3.8) is 0 Å². The summed E-state index contributed by atoms with van der Waals surface area (Å²) in [7, 11) is 1.64. The Morgan fingerprint density at radius 3 is 3.04 bits per heavy atom. The molecule has 2 heterocycles. The van der Waals surface area contributed by atoms with Gasteiger partial charge < -0.3 is 14.8 Å². The van der Waals surface area contributed by atoms with Crippen molar-refractivity contribution < 1.29 is 14.3 Å². The third kappa shape index (κ3) is 3.74. The van der Waals surface area contributed by atoms with Crippen LogP contribution >= 0.6 is 0 Å². The van der Waals surface area contributed by atoms with Crippen molar-refractivity contribution in [2.24, 2.45) is 0 Å². The SMILES string of the molecule is C#CCN1CCCC[C@H]1C(=O)N[C@H]1CCOc2c(OC)cc(C)cc21. The van der Waals surface area contributed by atoms with Crippen LogP contribution in [0.2, 0.25) is 0 Å². The molecule has 5 nitrogen and oxygen atoms in total. The summed E-state index contributed by atoms with van der Waals surface area (Å²) in [6, 6.07) is 3.84. The second-order valence-electron chi connectivity index (χ2n) is 6.77. The molecule has 1 saturated heterocycles. The van der Waals surface area contributed by atoms with Crippen LogP contribution in [0.4, 0.5) is 0 Å². The molecule has 5 heteroatoms. The van der Waals surface area contributed by atoms with E-state index in [4.69, 9.17) is 15.9 Å². The summed E-state index contributed by atoms with van der Waals surface area (Å²) in [6.07, 6.45) is 9.25. The number of rotatable bonds is 4. The fraction of sp³-hybridized carbons (Fsp3) is 0.550. The molecule has 1 amide bonds. The maximum Gasteiger partial charge on any atom is 0.237 e. The largest absolute Gasteiger partial charge is 0.493 e. The van der Waals surface area contributed by atoms with Gasteiger partial charge >= 0.3 is 0 Å². The number of amides is 1. The molecular formula is C20H26N2O3. The van der Waals surface area contributed by atoms with E-state index < -0.39 is 0 Å². The Labute approximate surface area is 149 Å². The highest BCUT2D eigenvalue weighted by molar-refractivity contribution is 5.82. The zero-order valence-electron chi connectivity index (χ0n) is 15.0. The zero-order valence-corrected chi connectivity index (χ0v) is 15.0. The zero-order chi connectivity index (χ0) is 17.8. The van der Waals surface area contributed by atoms with E-state index in [1.54, 1.807) is 7.11 Å². The molecule has 0 radical (unpaired) electrons. The van der Waals surface area contributed by atoms with Gasteiger partial charge in [0.2, 0.25) is 5.91 Å². The minimum absolute atomic E-state index is 0.0559. The minimum atomic E-state index is -0.136. The molecule has 0 aliphatic carbocycles. The van der Waals surface area contributed by atoms with E-state index in [0.717, 1.165) is 54.9 Å². The molecule has 2 aliphatic rings. The second-order valence-corrected chi connectivity index (χ2v) is 6.77. The van der Waals surface area contributed by atoms with E-state index in [0.29, 0.717) is 13.2 Å². The number of terminal acetylenes is 1. The molecule has 2 atom stereocenters. The lowest BCUT2D eigenvalue weighted by Crippen LogP contribution is -2.50. The average Bonchev–Trinajstić information content (AvgIpc) is 2.62. The van der Waals surface area contributed by atoms with Crippen molar-refractivity contribution in [2.45, 2.75) is 44.7 Å². The van der Waals surface area contributed by atoms with Crippen molar-refractivity contribution in [1.82, 2.24) is 10.2 Å². The Balaban J connectivity index is 1.79. The number of nitrogens with zero attached hydrogens (tertiary/aromatic N) is 1. The lowest BCUT2D eigenvalue weighted by molar-refractivity contribution is -0.128. The number of ether oxygens (including phenoxy) is 2. The van der Waals surface area contributed by atoms with Crippen LogP contribution in [0.15, 0.2) is 12.1 Å². The number of methoxy groups -OCH3 is 1. The van der Waals surface area contributed by atoms with Gasteiger partial charge in [-0.15, -0.1) is 6.42 Å². The molecular weight excluding hydrogens is 316 g/mol. The Bertz CT molecular complexity index is 680. The maximum absolute atomic E-state index is 12.9. The number of aryl methyl sites for hydroxylation is 1. The monoisotopic (exact) mass is 342 g/mol. The Morgan fingerprint density at radius 1 is 1.44 bits per heavy atom. The van der Waals surface area contributed by atoms with Crippen molar-refractivity contribution in [2.75, 3.05) is 26.8 Å². The van der Waals surface area contributed by atoms with Crippen LogP contribution in [0.5, 0.6) is 11.5 Å². The first kappa shape index (κ1) is 17.6. The Hall–Kier alpha value is -2.19. The molecule has 0 spiro atoms. The highest BCUT2D eigenvalue weighted by atomic mass is 16.5. The number of piperidine rings is 1. The van der Waals surface area contributed by atoms with Gasteiger partial charge in [-0.1, -0.05) is 18.4 Å². The molecule has 0 bridgehead atoms. The molecule has 2 aliphatic heterocycles. The molecule has 0 aromatic heterocycles. The van der Waals surface area contributed by atoms with E-state index >= 15 is 0 Å². The summed E-state index contributed by atoms with van der Waals surface area (Å²) in [6.45, 7) is 4.00. The number of carbonyl (C=O) groups is 1. The topological polar surface area (TPSA) is 50.8 Å². The molecule has 1 aromatic carbocycles. The summed E-state index contributed by atoms with van der Waals surface area (Å²) in [5.41, 5.74) is 2.09. The first-order chi connectivity index (χ1) is 12.1. The number of nitrogens with one attached hydrogen (secondary N) is 1. The number of fused-ring (bicyclic) bond motifs is 1. The molecule has 1 aromatic rings. The molecule has 1 N–H and O–H groups in total. The fourth-order valence-corrected chi connectivity index (χ4v) is 3.78. The van der Waals surface area contributed by atoms with Crippen LogP contribution in [-0.2, 0) is 4.79 Å². The highest BCUT2D eigenvalue weighted by Gasteiger charge is 2.32. The van der Waals surface area contributed by atoms with Crippen LogP contribution in [0, 0.1) is 19.3 Å². The Morgan fingerprint density at radius 2 is 2.28 bits per heavy atom. The maximum atomic E-state index is 12.9. The van der Waals surface area contributed by atoms with Gasteiger partial charge in [-0.05, 0) is 37.9 Å². The molecule has 1 fully saturated rings. The van der Waals surface area contributed by atoms with Gasteiger partial charge in [0, 0.05) is 12.0 Å². The smallest absolute Gasteiger partial charge is 0.237 e. The highest BCUT2D eigenvalue weighted by Crippen LogP contribution is 2.40. The first-order valence-electron chi connectivity index (χ1n) is 8.93. The fourth-order valence-electron chi connectivity index (χ4n) is 3.78. The predicted octanol–water partition coefficient (Wildman–Crippen LogP) is 2.43. The van der Waals surface area contributed by atoms with Crippen molar-refractivity contribution in [3.8, 4) is 23.8 Å². The van der Waals surface area contributed by atoms with Crippen LogP contribution in [0.3, 0.4) is 0 Å². The molecule has 134 valence electrons. The predicted molar refractivity (Wildman–Crippen MR) is 96.8 cm³/mol. The van der Waals surface area contributed by atoms with Crippen molar-refractivity contribution >= 4 is 5.91 Å². The number of hydrogen-bond donors (Lipinski definition) is 1. The Kier molecular flexibility index (Phi) is 5.50. The van der Waals surface area contributed by atoms with Crippen molar-refractivity contribution in [1.29, 1.82) is 0 Å². The van der Waals surface area contributed by atoms with Gasteiger partial charge in [0.15, 0.2) is 11.5 Å².